The van der Waals surface area contributed by atoms with Gasteiger partial charge in [0.05, 0.1) is 23.1 Å². The number of rotatable bonds is 10. The van der Waals surface area contributed by atoms with Crippen molar-refractivity contribution in [3.8, 4) is 0 Å². The van der Waals surface area contributed by atoms with Crippen molar-refractivity contribution in [1.29, 1.82) is 0 Å². The van der Waals surface area contributed by atoms with Crippen LogP contribution in [0.15, 0.2) is 23.1 Å². The molecule has 0 atom stereocenters. The van der Waals surface area contributed by atoms with Crippen LogP contribution in [0.25, 0.3) is 0 Å². The third-order valence-corrected chi connectivity index (χ3v) is 5.34. The lowest BCUT2D eigenvalue weighted by Crippen LogP contribution is -2.34. The van der Waals surface area contributed by atoms with Gasteiger partial charge in [-0.05, 0) is 18.2 Å². The molecule has 10 heteroatoms. The Bertz CT molecular complexity index is 647. The highest BCUT2D eigenvalue weighted by Crippen LogP contribution is 2.25. The Morgan fingerprint density at radius 1 is 1.12 bits per heavy atom. The predicted octanol–water partition coefficient (Wildman–Crippen LogP) is 0.597. The van der Waals surface area contributed by atoms with Gasteiger partial charge in [0.1, 0.15) is 6.61 Å². The lowest BCUT2D eigenvalue weighted by molar-refractivity contribution is -0.140. The summed E-state index contributed by atoms with van der Waals surface area (Å²) in [6.45, 7) is 0.652. The summed E-state index contributed by atoms with van der Waals surface area (Å²) in [4.78, 5) is 13.2. The molecule has 2 N–H and O–H groups in total. The quantitative estimate of drug-likeness (QED) is 0.554. The molecule has 1 aromatic carbocycles. The number of aliphatic hydroxyl groups is 2. The number of hydrogen-bond donors (Lipinski definition) is 2. The number of ether oxygens (including phenoxy) is 1. The lowest BCUT2D eigenvalue weighted by atomic mass is 10.4. The average Bonchev–Trinajstić information content (AvgIpc) is 2.46. The van der Waals surface area contributed by atoms with Gasteiger partial charge in [-0.3, -0.25) is 9.69 Å². The van der Waals surface area contributed by atoms with Crippen molar-refractivity contribution in [2.24, 2.45) is 0 Å². The maximum atomic E-state index is 12.2. The van der Waals surface area contributed by atoms with Gasteiger partial charge in [-0.15, -0.1) is 0 Å². The summed E-state index contributed by atoms with van der Waals surface area (Å²) in [5, 5.41) is 18.0. The molecule has 0 aliphatic rings. The average molecular weight is 400 g/mol. The Morgan fingerprint density at radius 3 is 2.29 bits per heavy atom. The first-order chi connectivity index (χ1) is 11.3. The van der Waals surface area contributed by atoms with Crippen LogP contribution in [-0.2, 0) is 19.4 Å². The summed E-state index contributed by atoms with van der Waals surface area (Å²) >= 11 is 11.6. The largest absolute Gasteiger partial charge is 0.464 e. The number of aliphatic hydroxyl groups excluding tert-OH is 2. The maximum Gasteiger partial charge on any atom is 0.321 e. The summed E-state index contributed by atoms with van der Waals surface area (Å²) in [6.07, 6.45) is 0. The second-order valence-electron chi connectivity index (χ2n) is 4.84. The van der Waals surface area contributed by atoms with Crippen LogP contribution < -0.4 is 0 Å². The zero-order chi connectivity index (χ0) is 18.2. The van der Waals surface area contributed by atoms with Crippen molar-refractivity contribution >= 4 is 39.0 Å². The number of nitrogens with zero attached hydrogens (tertiary/aromatic N) is 1. The van der Waals surface area contributed by atoms with Gasteiger partial charge in [0.25, 0.3) is 0 Å². The molecule has 0 saturated heterocycles. The number of carbonyl (C=O) groups is 1. The van der Waals surface area contributed by atoms with Gasteiger partial charge < -0.3 is 14.9 Å². The van der Waals surface area contributed by atoms with Crippen LogP contribution in [0.3, 0.4) is 0 Å². The van der Waals surface area contributed by atoms with Crippen LogP contribution in [0, 0.1) is 0 Å². The highest BCUT2D eigenvalue weighted by Gasteiger charge is 2.23. The van der Waals surface area contributed by atoms with E-state index in [1.807, 2.05) is 0 Å². The molecule has 0 fully saturated rings. The molecule has 136 valence electrons. The van der Waals surface area contributed by atoms with Gasteiger partial charge >= 0.3 is 5.97 Å². The lowest BCUT2D eigenvalue weighted by Gasteiger charge is -2.19. The van der Waals surface area contributed by atoms with E-state index in [1.165, 1.54) is 18.2 Å². The fourth-order valence-electron chi connectivity index (χ4n) is 1.91. The minimum atomic E-state index is -3.94. The number of sulfone groups is 1. The smallest absolute Gasteiger partial charge is 0.321 e. The van der Waals surface area contributed by atoms with E-state index in [0.717, 1.165) is 0 Å². The Labute approximate surface area is 150 Å². The topological polar surface area (TPSA) is 104 Å². The number of hydrogen-bond acceptors (Lipinski definition) is 7. The van der Waals surface area contributed by atoms with E-state index in [1.54, 1.807) is 4.90 Å². The monoisotopic (exact) mass is 399 g/mol. The summed E-state index contributed by atoms with van der Waals surface area (Å²) in [5.74, 6) is -1.75. The summed E-state index contributed by atoms with van der Waals surface area (Å²) < 4.78 is 29.2. The highest BCUT2D eigenvalue weighted by molar-refractivity contribution is 7.92. The minimum absolute atomic E-state index is 0.0529. The molecule has 0 bridgehead atoms. The number of esters is 1. The fraction of sp³-hybridized carbons (Fsp3) is 0.500. The predicted molar refractivity (Wildman–Crippen MR) is 90.1 cm³/mol. The van der Waals surface area contributed by atoms with Gasteiger partial charge in [-0.25, -0.2) is 8.42 Å². The van der Waals surface area contributed by atoms with E-state index in [9.17, 15) is 13.2 Å². The van der Waals surface area contributed by atoms with Gasteiger partial charge in [0, 0.05) is 24.7 Å². The minimum Gasteiger partial charge on any atom is -0.464 e. The summed E-state index contributed by atoms with van der Waals surface area (Å²) in [5.41, 5.74) is 0. The van der Waals surface area contributed by atoms with Crippen LogP contribution >= 0.6 is 23.2 Å². The fourth-order valence-corrected chi connectivity index (χ4v) is 3.85. The maximum absolute atomic E-state index is 12.2. The molecule has 0 aliphatic carbocycles. The Hall–Kier alpha value is -0.900. The van der Waals surface area contributed by atoms with Crippen molar-refractivity contribution in [3.05, 3.63) is 28.2 Å². The van der Waals surface area contributed by atoms with Crippen molar-refractivity contribution in [1.82, 2.24) is 4.90 Å². The van der Waals surface area contributed by atoms with Crippen LogP contribution in [-0.4, -0.2) is 74.7 Å². The van der Waals surface area contributed by atoms with Gasteiger partial charge in [0.2, 0.25) is 0 Å². The van der Waals surface area contributed by atoms with Crippen molar-refractivity contribution in [2.75, 3.05) is 45.2 Å². The molecule has 0 amide bonds. The first kappa shape index (κ1) is 21.1. The summed E-state index contributed by atoms with van der Waals surface area (Å²) in [6, 6.07) is 3.88. The molecule has 7 nitrogen and oxygen atoms in total. The van der Waals surface area contributed by atoms with E-state index in [-0.39, 0.29) is 41.3 Å². The molecule has 0 saturated carbocycles. The van der Waals surface area contributed by atoms with Gasteiger partial charge in [-0.1, -0.05) is 23.2 Å². The molecule has 0 aliphatic heterocycles. The van der Waals surface area contributed by atoms with Crippen LogP contribution in [0.5, 0.6) is 0 Å². The van der Waals surface area contributed by atoms with Gasteiger partial charge in [0.15, 0.2) is 15.6 Å². The van der Waals surface area contributed by atoms with E-state index in [2.05, 4.69) is 0 Å². The van der Waals surface area contributed by atoms with Gasteiger partial charge in [-0.2, -0.15) is 0 Å². The molecular weight excluding hydrogens is 381 g/mol. The van der Waals surface area contributed by atoms with Crippen LogP contribution in [0.1, 0.15) is 0 Å². The molecule has 0 aromatic heterocycles. The second kappa shape index (κ2) is 10.2. The first-order valence-corrected chi connectivity index (χ1v) is 9.48. The van der Waals surface area contributed by atoms with Crippen molar-refractivity contribution in [2.45, 2.75) is 4.90 Å². The van der Waals surface area contributed by atoms with E-state index in [4.69, 9.17) is 38.2 Å². The molecule has 0 spiro atoms. The first-order valence-electron chi connectivity index (χ1n) is 7.07. The van der Waals surface area contributed by atoms with Crippen LogP contribution in [0.2, 0.25) is 10.0 Å². The molecule has 24 heavy (non-hydrogen) atoms. The zero-order valence-electron chi connectivity index (χ0n) is 12.8. The molecular formula is C14H19Cl2NO6S. The number of halogens is 2. The van der Waals surface area contributed by atoms with Crippen molar-refractivity contribution in [3.63, 3.8) is 0 Å². The molecule has 0 heterocycles. The normalized spacial score (nSPS) is 11.7. The molecule has 0 radical (unpaired) electrons. The van der Waals surface area contributed by atoms with E-state index < -0.39 is 21.6 Å². The SMILES string of the molecule is O=C(CS(=O)(=O)c1ccc(Cl)cc1Cl)OCCN(CCO)CCO. The standard InChI is InChI=1S/C14H19Cl2NO6S/c15-11-1-2-13(12(16)9-11)24(21,22)10-14(20)23-8-5-17(3-6-18)4-7-19/h1-2,9,18-19H,3-8,10H2. The molecule has 1 aromatic rings. The highest BCUT2D eigenvalue weighted by atomic mass is 35.5. The van der Waals surface area contributed by atoms with E-state index in [0.29, 0.717) is 13.1 Å². The van der Waals surface area contributed by atoms with E-state index >= 15 is 0 Å². The number of carbonyl (C=O) groups excluding carboxylic acids is 1. The number of benzene rings is 1. The molecule has 1 rings (SSSR count). The third kappa shape index (κ3) is 6.92. The summed E-state index contributed by atoms with van der Waals surface area (Å²) in [7, 11) is -3.94. The zero-order valence-corrected chi connectivity index (χ0v) is 15.1. The van der Waals surface area contributed by atoms with Crippen LogP contribution in [0.4, 0.5) is 0 Å². The Kier molecular flexibility index (Phi) is 8.96. The molecule has 0 unspecified atom stereocenters. The Morgan fingerprint density at radius 2 is 1.75 bits per heavy atom. The second-order valence-corrected chi connectivity index (χ2v) is 7.64. The third-order valence-electron chi connectivity index (χ3n) is 3.04. The Balaban J connectivity index is 2.57. The van der Waals surface area contributed by atoms with Crippen molar-refractivity contribution < 1.29 is 28.2 Å².